The van der Waals surface area contributed by atoms with Gasteiger partial charge in [-0.15, -0.1) is 11.3 Å². The molecular formula is C25H33N3O4S. The second-order valence-corrected chi connectivity index (χ2v) is 10.5. The zero-order valence-corrected chi connectivity index (χ0v) is 20.2. The summed E-state index contributed by atoms with van der Waals surface area (Å²) in [6.45, 7) is 5.09. The number of rotatable bonds is 7. The molecule has 2 aliphatic rings. The molecule has 2 heterocycles. The molecule has 2 aromatic heterocycles. The fourth-order valence-corrected chi connectivity index (χ4v) is 6.13. The molecule has 0 spiro atoms. The van der Waals surface area contributed by atoms with Crippen LogP contribution in [0.5, 0.6) is 0 Å². The lowest BCUT2D eigenvalue weighted by molar-refractivity contribution is -0.136. The number of pyridine rings is 1. The molecule has 7 nitrogen and oxygen atoms in total. The summed E-state index contributed by atoms with van der Waals surface area (Å²) in [5.41, 5.74) is 2.56. The maximum Gasteiger partial charge on any atom is 0.309 e. The second-order valence-electron chi connectivity index (χ2n) is 9.66. The number of carboxylic acid groups (broad SMARTS) is 1. The lowest BCUT2D eigenvalue weighted by Crippen LogP contribution is -2.37. The molecule has 33 heavy (non-hydrogen) atoms. The summed E-state index contributed by atoms with van der Waals surface area (Å²) in [7, 11) is 0. The summed E-state index contributed by atoms with van der Waals surface area (Å²) in [5, 5.41) is 13.6. The number of anilines is 1. The molecule has 0 saturated heterocycles. The zero-order valence-electron chi connectivity index (χ0n) is 19.4. The van der Waals surface area contributed by atoms with E-state index in [4.69, 9.17) is 5.11 Å². The van der Waals surface area contributed by atoms with Crippen LogP contribution >= 0.6 is 11.3 Å². The van der Waals surface area contributed by atoms with E-state index >= 15 is 0 Å². The third-order valence-electron chi connectivity index (χ3n) is 7.23. The van der Waals surface area contributed by atoms with Crippen LogP contribution < -0.4 is 10.9 Å². The average Bonchev–Trinajstić information content (AvgIpc) is 3.21. The van der Waals surface area contributed by atoms with Gasteiger partial charge < -0.3 is 9.67 Å². The number of thiazole rings is 1. The Morgan fingerprint density at radius 2 is 2.00 bits per heavy atom. The summed E-state index contributed by atoms with van der Waals surface area (Å²) in [6.07, 6.45) is 8.80. The van der Waals surface area contributed by atoms with Gasteiger partial charge in [0.15, 0.2) is 5.13 Å². The first-order valence-corrected chi connectivity index (χ1v) is 13.0. The van der Waals surface area contributed by atoms with Gasteiger partial charge >= 0.3 is 5.97 Å². The molecule has 1 fully saturated rings. The lowest BCUT2D eigenvalue weighted by Gasteiger charge is -2.33. The minimum Gasteiger partial charge on any atom is -0.481 e. The monoisotopic (exact) mass is 471 g/mol. The highest BCUT2D eigenvalue weighted by atomic mass is 32.1. The van der Waals surface area contributed by atoms with Crippen molar-refractivity contribution in [1.29, 1.82) is 0 Å². The molecular weight excluding hydrogens is 438 g/mol. The van der Waals surface area contributed by atoms with Crippen molar-refractivity contribution in [2.75, 3.05) is 5.32 Å². The molecule has 4 rings (SSSR count). The maximum absolute atomic E-state index is 13.6. The number of carboxylic acids is 1. The first-order valence-electron chi connectivity index (χ1n) is 12.1. The topological polar surface area (TPSA) is 101 Å². The fraction of sp³-hybridized carbons (Fsp3) is 0.600. The van der Waals surface area contributed by atoms with E-state index in [1.807, 2.05) is 4.57 Å². The highest BCUT2D eigenvalue weighted by Crippen LogP contribution is 2.36. The molecule has 2 aliphatic carbocycles. The molecule has 2 N–H and O–H groups in total. The Labute approximate surface area is 198 Å². The number of fused-ring (bicyclic) bond motifs is 1. The summed E-state index contributed by atoms with van der Waals surface area (Å²) < 4.78 is 1.91. The van der Waals surface area contributed by atoms with Crippen molar-refractivity contribution in [2.45, 2.75) is 84.1 Å². The summed E-state index contributed by atoms with van der Waals surface area (Å²) in [5.74, 6) is -0.106. The van der Waals surface area contributed by atoms with Crippen LogP contribution in [0.3, 0.4) is 0 Å². The average molecular weight is 472 g/mol. The second kappa shape index (κ2) is 10.2. The van der Waals surface area contributed by atoms with Gasteiger partial charge in [0.25, 0.3) is 11.5 Å². The number of nitrogens with zero attached hydrogens (tertiary/aromatic N) is 2. The smallest absolute Gasteiger partial charge is 0.309 e. The number of aliphatic carboxylic acids is 1. The van der Waals surface area contributed by atoms with Crippen LogP contribution in [0.4, 0.5) is 5.13 Å². The minimum atomic E-state index is -0.974. The lowest BCUT2D eigenvalue weighted by atomic mass is 9.78. The van der Waals surface area contributed by atoms with E-state index in [9.17, 15) is 14.4 Å². The molecule has 0 aliphatic heterocycles. The Hall–Kier alpha value is -2.48. The molecule has 0 bridgehead atoms. The van der Waals surface area contributed by atoms with Crippen LogP contribution in [0.1, 0.15) is 92.0 Å². The number of amides is 1. The summed E-state index contributed by atoms with van der Waals surface area (Å²) in [6, 6.07) is 1.80. The highest BCUT2D eigenvalue weighted by Gasteiger charge is 2.30. The summed E-state index contributed by atoms with van der Waals surface area (Å²) in [4.78, 5) is 41.9. The van der Waals surface area contributed by atoms with Crippen LogP contribution in [0.15, 0.2) is 16.2 Å². The molecule has 2 atom stereocenters. The van der Waals surface area contributed by atoms with Crippen molar-refractivity contribution >= 4 is 28.3 Å². The van der Waals surface area contributed by atoms with Crippen LogP contribution in [0.25, 0.3) is 0 Å². The van der Waals surface area contributed by atoms with Crippen molar-refractivity contribution < 1.29 is 14.7 Å². The molecule has 8 heteroatoms. The first kappa shape index (κ1) is 23.7. The van der Waals surface area contributed by atoms with Gasteiger partial charge in [-0.05, 0) is 55.1 Å². The normalized spacial score (nSPS) is 20.9. The number of hydrogen-bond acceptors (Lipinski definition) is 5. The van der Waals surface area contributed by atoms with Gasteiger partial charge in [0.2, 0.25) is 0 Å². The Bertz CT molecular complexity index is 1080. The highest BCUT2D eigenvalue weighted by molar-refractivity contribution is 7.14. The van der Waals surface area contributed by atoms with Gasteiger partial charge in [-0.2, -0.15) is 0 Å². The van der Waals surface area contributed by atoms with E-state index in [0.29, 0.717) is 35.1 Å². The van der Waals surface area contributed by atoms with Crippen molar-refractivity contribution in [1.82, 2.24) is 9.55 Å². The molecule has 0 aromatic carbocycles. The van der Waals surface area contributed by atoms with E-state index in [1.165, 1.54) is 30.6 Å². The van der Waals surface area contributed by atoms with Crippen LogP contribution in [0.2, 0.25) is 0 Å². The summed E-state index contributed by atoms with van der Waals surface area (Å²) >= 11 is 1.17. The Morgan fingerprint density at radius 1 is 1.24 bits per heavy atom. The van der Waals surface area contributed by atoms with Gasteiger partial charge in [0.1, 0.15) is 5.56 Å². The predicted molar refractivity (Wildman–Crippen MR) is 129 cm³/mol. The molecule has 1 amide bonds. The van der Waals surface area contributed by atoms with Gasteiger partial charge in [-0.25, -0.2) is 4.98 Å². The fourth-order valence-electron chi connectivity index (χ4n) is 5.42. The van der Waals surface area contributed by atoms with Gasteiger partial charge in [0, 0.05) is 17.6 Å². The zero-order chi connectivity index (χ0) is 23.5. The number of carbonyl (C=O) groups excluding carboxylic acids is 1. The predicted octanol–water partition coefficient (Wildman–Crippen LogP) is 4.84. The van der Waals surface area contributed by atoms with Crippen molar-refractivity contribution in [2.24, 2.45) is 11.8 Å². The quantitative estimate of drug-likeness (QED) is 0.602. The van der Waals surface area contributed by atoms with Gasteiger partial charge in [0.05, 0.1) is 12.1 Å². The minimum absolute atomic E-state index is 0.154. The van der Waals surface area contributed by atoms with Crippen molar-refractivity contribution in [3.8, 4) is 0 Å². The molecule has 178 valence electrons. The molecule has 2 unspecified atom stereocenters. The Morgan fingerprint density at radius 3 is 2.70 bits per heavy atom. The van der Waals surface area contributed by atoms with E-state index in [2.05, 4.69) is 24.1 Å². The largest absolute Gasteiger partial charge is 0.481 e. The van der Waals surface area contributed by atoms with Crippen molar-refractivity contribution in [3.63, 3.8) is 0 Å². The van der Waals surface area contributed by atoms with E-state index < -0.39 is 11.9 Å². The Kier molecular flexibility index (Phi) is 7.32. The van der Waals surface area contributed by atoms with Crippen LogP contribution in [-0.4, -0.2) is 26.5 Å². The number of nitrogens with one attached hydrogen (secondary N) is 1. The molecule has 0 radical (unpaired) electrons. The number of aromatic nitrogens is 2. The Balaban J connectivity index is 1.67. The first-order chi connectivity index (χ1) is 15.9. The standard InChI is InChI=1S/C25H33N3O4S/c1-3-16-9-15(2)19-12-20(23(31)27-25-26-18(14-33-25)11-22(29)30)24(32)28(21(19)10-16)13-17-7-5-4-6-8-17/h12,14-17H,3-11,13H2,1-2H3,(H,29,30)(H,26,27,31). The maximum atomic E-state index is 13.6. The van der Waals surface area contributed by atoms with E-state index in [0.717, 1.165) is 43.4 Å². The molecule has 1 saturated carbocycles. The van der Waals surface area contributed by atoms with Gasteiger partial charge in [-0.3, -0.25) is 19.7 Å². The van der Waals surface area contributed by atoms with Gasteiger partial charge in [-0.1, -0.05) is 39.5 Å². The van der Waals surface area contributed by atoms with Crippen LogP contribution in [-0.2, 0) is 24.2 Å². The van der Waals surface area contributed by atoms with Crippen molar-refractivity contribution in [3.05, 3.63) is 44.3 Å². The van der Waals surface area contributed by atoms with Crippen LogP contribution in [0, 0.1) is 11.8 Å². The SMILES string of the molecule is CCC1Cc2c(cc(C(=O)Nc3nc(CC(=O)O)cs3)c(=O)n2CC2CCCCC2)C(C)C1. The molecule has 2 aromatic rings. The number of carbonyl (C=O) groups is 2. The number of hydrogen-bond donors (Lipinski definition) is 2. The van der Waals surface area contributed by atoms with E-state index in [1.54, 1.807) is 11.4 Å². The third-order valence-corrected chi connectivity index (χ3v) is 8.03. The third kappa shape index (κ3) is 5.37. The van der Waals surface area contributed by atoms with E-state index in [-0.39, 0.29) is 17.5 Å².